The number of nitrogens with zero attached hydrogens (tertiary/aromatic N) is 2. The number of hydrogen-bond donors (Lipinski definition) is 0. The molecule has 0 aliphatic rings. The van der Waals surface area contributed by atoms with E-state index < -0.39 is 0 Å². The smallest absolute Gasteiger partial charge is 0.337 e. The van der Waals surface area contributed by atoms with E-state index in [9.17, 15) is 4.79 Å². The fraction of sp³-hybridized carbons (Fsp3) is 0.412. The van der Waals surface area contributed by atoms with Gasteiger partial charge in [0, 0.05) is 26.2 Å². The normalized spacial score (nSPS) is 11.2. The molecule has 112 valence electrons. The molecule has 0 amide bonds. The minimum atomic E-state index is -0.329. The van der Waals surface area contributed by atoms with Gasteiger partial charge in [0.05, 0.1) is 12.7 Å². The molecule has 1 aromatic heterocycles. The Morgan fingerprint density at radius 1 is 1.38 bits per heavy atom. The lowest BCUT2D eigenvalue weighted by Crippen LogP contribution is -2.08. The molecule has 0 saturated heterocycles. The molecule has 0 aliphatic heterocycles. The summed E-state index contributed by atoms with van der Waals surface area (Å²) in [7, 11) is 1.38. The molecule has 0 bridgehead atoms. The van der Waals surface area contributed by atoms with Crippen molar-refractivity contribution in [1.29, 1.82) is 0 Å². The van der Waals surface area contributed by atoms with Crippen LogP contribution in [-0.2, 0) is 17.7 Å². The highest BCUT2D eigenvalue weighted by atomic mass is 16.5. The van der Waals surface area contributed by atoms with Crippen molar-refractivity contribution < 1.29 is 10.9 Å². The van der Waals surface area contributed by atoms with Gasteiger partial charge < -0.3 is 9.30 Å². The molecule has 2 aromatic rings. The topological polar surface area (TPSA) is 44.1 Å². The zero-order valence-electron chi connectivity index (χ0n) is 13.6. The van der Waals surface area contributed by atoms with E-state index in [0.717, 1.165) is 36.3 Å². The lowest BCUT2D eigenvalue weighted by atomic mass is 10.1. The van der Waals surface area contributed by atoms with Crippen molar-refractivity contribution in [2.45, 2.75) is 39.6 Å². The largest absolute Gasteiger partial charge is 0.465 e. The first-order valence-electron chi connectivity index (χ1n) is 7.90. The number of aryl methyl sites for hydroxylation is 2. The molecule has 0 saturated carbocycles. The molecule has 1 heterocycles. The maximum absolute atomic E-state index is 11.5. The second kappa shape index (κ2) is 7.07. The summed E-state index contributed by atoms with van der Waals surface area (Å²) in [5.74, 6) is 0.700. The van der Waals surface area contributed by atoms with Gasteiger partial charge in [-0.3, -0.25) is 0 Å². The van der Waals surface area contributed by atoms with E-state index >= 15 is 0 Å². The lowest BCUT2D eigenvalue weighted by molar-refractivity contribution is 0.0600. The van der Waals surface area contributed by atoms with Gasteiger partial charge in [-0.05, 0) is 31.0 Å². The third kappa shape index (κ3) is 3.72. The van der Waals surface area contributed by atoms with Gasteiger partial charge in [-0.1, -0.05) is 25.5 Å². The summed E-state index contributed by atoms with van der Waals surface area (Å²) in [6.45, 7) is 3.05. The molecular formula is C17H22N2O2. The van der Waals surface area contributed by atoms with Crippen molar-refractivity contribution in [3.8, 4) is 0 Å². The van der Waals surface area contributed by atoms with E-state index in [1.807, 2.05) is 12.1 Å². The van der Waals surface area contributed by atoms with E-state index in [-0.39, 0.29) is 12.9 Å². The Balaban J connectivity index is 2.18. The summed E-state index contributed by atoms with van der Waals surface area (Å²) in [6, 6.07) is 7.38. The van der Waals surface area contributed by atoms with Crippen LogP contribution in [0.25, 0.3) is 0 Å². The zero-order valence-corrected chi connectivity index (χ0v) is 12.6. The lowest BCUT2D eigenvalue weighted by Gasteiger charge is -2.10. The molecule has 1 aromatic carbocycles. The van der Waals surface area contributed by atoms with Gasteiger partial charge in [-0.15, -0.1) is 0 Å². The molecule has 0 spiro atoms. The Hall–Kier alpha value is -2.10. The van der Waals surface area contributed by atoms with Crippen molar-refractivity contribution in [3.05, 3.63) is 53.1 Å². The number of hydrogen-bond acceptors (Lipinski definition) is 3. The molecule has 21 heavy (non-hydrogen) atoms. The summed E-state index contributed by atoms with van der Waals surface area (Å²) < 4.78 is 14.4. The number of carbonyl (C=O) groups is 1. The van der Waals surface area contributed by atoms with Crippen LogP contribution in [0.15, 0.2) is 30.5 Å². The first-order valence-corrected chi connectivity index (χ1v) is 7.19. The van der Waals surface area contributed by atoms with Gasteiger partial charge in [-0.25, -0.2) is 9.78 Å². The van der Waals surface area contributed by atoms with E-state index in [2.05, 4.69) is 16.5 Å². The van der Waals surface area contributed by atoms with Gasteiger partial charge in [-0.2, -0.15) is 0 Å². The van der Waals surface area contributed by atoms with Crippen LogP contribution >= 0.6 is 0 Å². The summed E-state index contributed by atoms with van der Waals surface area (Å²) in [4.78, 5) is 15.9. The minimum absolute atomic E-state index is 0.222. The first kappa shape index (κ1) is 13.9. The second-order valence-electron chi connectivity index (χ2n) is 5.04. The molecule has 0 atom stereocenters. The number of methoxy groups -OCH3 is 1. The quantitative estimate of drug-likeness (QED) is 0.765. The molecule has 0 fully saturated rings. The van der Waals surface area contributed by atoms with Crippen molar-refractivity contribution in [3.63, 3.8) is 0 Å². The van der Waals surface area contributed by atoms with Gasteiger partial charge in [0.1, 0.15) is 5.82 Å². The van der Waals surface area contributed by atoms with Crippen LogP contribution in [0, 0.1) is 6.90 Å². The summed E-state index contributed by atoms with van der Waals surface area (Å²) >= 11 is 0. The molecule has 0 unspecified atom stereocenters. The van der Waals surface area contributed by atoms with Crippen LogP contribution in [0.5, 0.6) is 0 Å². The average molecular weight is 287 g/mol. The van der Waals surface area contributed by atoms with Gasteiger partial charge in [0.2, 0.25) is 0 Å². The highest BCUT2D eigenvalue weighted by Crippen LogP contribution is 2.13. The number of rotatable bonds is 6. The van der Waals surface area contributed by atoms with E-state index in [0.29, 0.717) is 12.1 Å². The van der Waals surface area contributed by atoms with E-state index in [4.69, 9.17) is 6.11 Å². The second-order valence-corrected chi connectivity index (χ2v) is 5.04. The maximum Gasteiger partial charge on any atom is 0.337 e. The van der Waals surface area contributed by atoms with Crippen LogP contribution in [0.1, 0.15) is 48.6 Å². The van der Waals surface area contributed by atoms with E-state index in [1.165, 1.54) is 7.11 Å². The monoisotopic (exact) mass is 287 g/mol. The molecule has 0 aliphatic carbocycles. The summed E-state index contributed by atoms with van der Waals surface area (Å²) in [6.07, 6.45) is 4.93. The molecule has 0 radical (unpaired) electrons. The van der Waals surface area contributed by atoms with Crippen molar-refractivity contribution in [2.75, 3.05) is 7.11 Å². The number of ether oxygens (including phenoxy) is 1. The number of aromatic nitrogens is 2. The van der Waals surface area contributed by atoms with Crippen LogP contribution in [-0.4, -0.2) is 22.6 Å². The molecule has 4 nitrogen and oxygen atoms in total. The number of imidazole rings is 1. The van der Waals surface area contributed by atoms with Crippen LogP contribution < -0.4 is 0 Å². The Labute approximate surface area is 127 Å². The van der Waals surface area contributed by atoms with Gasteiger partial charge in [0.15, 0.2) is 0 Å². The average Bonchev–Trinajstić information content (AvgIpc) is 2.94. The Kier molecular flexibility index (Phi) is 4.66. The first-order chi connectivity index (χ1) is 10.7. The Morgan fingerprint density at radius 2 is 2.14 bits per heavy atom. The molecule has 2 rings (SSSR count). The highest BCUT2D eigenvalue weighted by molar-refractivity contribution is 5.89. The van der Waals surface area contributed by atoms with Crippen molar-refractivity contribution >= 4 is 5.97 Å². The van der Waals surface area contributed by atoms with Crippen LogP contribution in [0.4, 0.5) is 0 Å². The summed E-state index contributed by atoms with van der Waals surface area (Å²) in [5, 5.41) is 0. The Morgan fingerprint density at radius 3 is 2.76 bits per heavy atom. The fourth-order valence-electron chi connectivity index (χ4n) is 2.23. The number of benzene rings is 1. The minimum Gasteiger partial charge on any atom is -0.465 e. The number of carbonyl (C=O) groups excluding carboxylic acids is 1. The summed E-state index contributed by atoms with van der Waals surface area (Å²) in [5.41, 5.74) is 2.55. The third-order valence-corrected chi connectivity index (χ3v) is 3.49. The van der Waals surface area contributed by atoms with Gasteiger partial charge in [0.25, 0.3) is 0 Å². The van der Waals surface area contributed by atoms with Gasteiger partial charge >= 0.3 is 5.97 Å². The van der Waals surface area contributed by atoms with Crippen molar-refractivity contribution in [2.24, 2.45) is 0 Å². The predicted molar refractivity (Wildman–Crippen MR) is 82.5 cm³/mol. The van der Waals surface area contributed by atoms with Crippen molar-refractivity contribution in [1.82, 2.24) is 9.55 Å². The molecular weight excluding hydrogens is 264 g/mol. The standard InChI is InChI=1S/C17H22N2O2/c1-4-5-6-16-18-11-13(2)19(16)12-14-7-9-15(10-8-14)17(20)21-3/h7-11H,4-6,12H2,1-3H3/i2D. The van der Waals surface area contributed by atoms with Crippen LogP contribution in [0.3, 0.4) is 0 Å². The Bertz CT molecular complexity index is 620. The zero-order chi connectivity index (χ0) is 15.9. The predicted octanol–water partition coefficient (Wildman–Crippen LogP) is 3.37. The third-order valence-electron chi connectivity index (χ3n) is 3.49. The number of esters is 1. The van der Waals surface area contributed by atoms with Crippen LogP contribution in [0.2, 0.25) is 0 Å². The highest BCUT2D eigenvalue weighted by Gasteiger charge is 2.08. The molecule has 4 heteroatoms. The van der Waals surface area contributed by atoms with E-state index in [1.54, 1.807) is 18.3 Å². The fourth-order valence-corrected chi connectivity index (χ4v) is 2.23. The molecule has 0 N–H and O–H groups in total. The maximum atomic E-state index is 11.5. The SMILES string of the molecule is [2H]Cc1cnc(CCCC)n1Cc1ccc(C(=O)OC)cc1. The number of unbranched alkanes of at least 4 members (excludes halogenated alkanes) is 1.